The van der Waals surface area contributed by atoms with Gasteiger partial charge in [0.25, 0.3) is 5.91 Å². The number of hydrogen-bond acceptors (Lipinski definition) is 7. The van der Waals surface area contributed by atoms with Gasteiger partial charge in [-0.05, 0) is 19.1 Å². The number of furan rings is 1. The lowest BCUT2D eigenvalue weighted by molar-refractivity contribution is -0.156. The number of carbonyl (C=O) groups excluding carboxylic acids is 4. The molecule has 1 saturated heterocycles. The Labute approximate surface area is 148 Å². The molecule has 1 aromatic rings. The zero-order valence-corrected chi connectivity index (χ0v) is 14.6. The summed E-state index contributed by atoms with van der Waals surface area (Å²) in [7, 11) is 0. The molecule has 0 radical (unpaired) electrons. The highest BCUT2D eigenvalue weighted by atomic mass is 32.2. The number of nitrogens with zero attached hydrogens (tertiary/aromatic N) is 1. The van der Waals surface area contributed by atoms with Crippen LogP contribution in [0.4, 0.5) is 4.79 Å². The molecule has 1 aliphatic heterocycles. The first kappa shape index (κ1) is 18.8. The molecule has 0 aliphatic carbocycles. The average molecular weight is 369 g/mol. The van der Waals surface area contributed by atoms with E-state index in [0.717, 1.165) is 0 Å². The van der Waals surface area contributed by atoms with Crippen LogP contribution in [0.5, 0.6) is 0 Å². The number of imide groups is 1. The SMILES string of the molecule is CCNC(=O)NC(=O)COC(=O)[C@@H]1CS[C@H](c2ccco2)N1C(C)=O. The zero-order valence-electron chi connectivity index (χ0n) is 13.8. The smallest absolute Gasteiger partial charge is 0.330 e. The van der Waals surface area contributed by atoms with Crippen LogP contribution in [-0.4, -0.2) is 53.7 Å². The number of rotatable bonds is 5. The summed E-state index contributed by atoms with van der Waals surface area (Å²) in [5.41, 5.74) is 0. The molecule has 25 heavy (non-hydrogen) atoms. The van der Waals surface area contributed by atoms with E-state index in [1.807, 2.05) is 5.32 Å². The molecular weight excluding hydrogens is 350 g/mol. The number of thioether (sulfide) groups is 1. The van der Waals surface area contributed by atoms with Gasteiger partial charge in [0.15, 0.2) is 6.61 Å². The standard InChI is InChI=1S/C15H19N3O6S/c1-3-16-15(22)17-12(20)7-24-14(21)10-8-25-13(18(10)9(2)19)11-5-4-6-23-11/h4-6,10,13H,3,7-8H2,1-2H3,(H2,16,17,20,22)/t10-,13+/m0/s1. The van der Waals surface area contributed by atoms with Crippen molar-refractivity contribution in [2.75, 3.05) is 18.9 Å². The number of ether oxygens (including phenoxy) is 1. The number of esters is 1. The molecule has 2 N–H and O–H groups in total. The van der Waals surface area contributed by atoms with Gasteiger partial charge in [0.1, 0.15) is 17.2 Å². The molecule has 2 atom stereocenters. The number of amides is 4. The van der Waals surface area contributed by atoms with Crippen molar-refractivity contribution >= 4 is 35.6 Å². The van der Waals surface area contributed by atoms with Crippen molar-refractivity contribution in [3.8, 4) is 0 Å². The predicted molar refractivity (Wildman–Crippen MR) is 88.4 cm³/mol. The van der Waals surface area contributed by atoms with Crippen LogP contribution >= 0.6 is 11.8 Å². The van der Waals surface area contributed by atoms with Crippen molar-refractivity contribution in [2.45, 2.75) is 25.3 Å². The summed E-state index contributed by atoms with van der Waals surface area (Å²) in [4.78, 5) is 48.4. The molecule has 2 rings (SSSR count). The van der Waals surface area contributed by atoms with Gasteiger partial charge in [-0.25, -0.2) is 9.59 Å². The maximum Gasteiger partial charge on any atom is 0.330 e. The minimum absolute atomic E-state index is 0.305. The summed E-state index contributed by atoms with van der Waals surface area (Å²) in [6.07, 6.45) is 1.49. The van der Waals surface area contributed by atoms with Crippen LogP contribution in [0.3, 0.4) is 0 Å². The second-order valence-corrected chi connectivity index (χ2v) is 6.27. The topological polar surface area (TPSA) is 118 Å². The van der Waals surface area contributed by atoms with Crippen molar-refractivity contribution in [3.05, 3.63) is 24.2 Å². The van der Waals surface area contributed by atoms with Crippen LogP contribution < -0.4 is 10.6 Å². The van der Waals surface area contributed by atoms with Crippen molar-refractivity contribution < 1.29 is 28.3 Å². The van der Waals surface area contributed by atoms with Crippen LogP contribution in [0.15, 0.2) is 22.8 Å². The summed E-state index contributed by atoms with van der Waals surface area (Å²) < 4.78 is 10.3. The molecule has 10 heteroatoms. The molecule has 136 valence electrons. The first-order valence-corrected chi connectivity index (χ1v) is 8.67. The predicted octanol–water partition coefficient (Wildman–Crippen LogP) is 0.631. The van der Waals surface area contributed by atoms with E-state index >= 15 is 0 Å². The van der Waals surface area contributed by atoms with Crippen LogP contribution in [0.2, 0.25) is 0 Å². The highest BCUT2D eigenvalue weighted by molar-refractivity contribution is 7.99. The Morgan fingerprint density at radius 2 is 2.16 bits per heavy atom. The zero-order chi connectivity index (χ0) is 18.4. The Kier molecular flexibility index (Phi) is 6.45. The van der Waals surface area contributed by atoms with Crippen molar-refractivity contribution in [3.63, 3.8) is 0 Å². The molecule has 9 nitrogen and oxygen atoms in total. The first-order chi connectivity index (χ1) is 11.9. The fourth-order valence-corrected chi connectivity index (χ4v) is 3.74. The van der Waals surface area contributed by atoms with Gasteiger partial charge in [0.2, 0.25) is 5.91 Å². The van der Waals surface area contributed by atoms with Gasteiger partial charge >= 0.3 is 12.0 Å². The van der Waals surface area contributed by atoms with Crippen LogP contribution in [0.25, 0.3) is 0 Å². The first-order valence-electron chi connectivity index (χ1n) is 7.62. The van der Waals surface area contributed by atoms with E-state index in [1.165, 1.54) is 29.8 Å². The lowest BCUT2D eigenvalue weighted by Crippen LogP contribution is -2.45. The van der Waals surface area contributed by atoms with Gasteiger partial charge in [-0.2, -0.15) is 0 Å². The minimum atomic E-state index is -0.824. The third kappa shape index (κ3) is 4.75. The Balaban J connectivity index is 1.93. The summed E-state index contributed by atoms with van der Waals surface area (Å²) >= 11 is 1.37. The highest BCUT2D eigenvalue weighted by Crippen LogP contribution is 2.41. The Bertz CT molecular complexity index is 648. The molecule has 0 aromatic carbocycles. The monoisotopic (exact) mass is 369 g/mol. The van der Waals surface area contributed by atoms with Gasteiger partial charge in [-0.15, -0.1) is 11.8 Å². The van der Waals surface area contributed by atoms with Crippen molar-refractivity contribution in [2.24, 2.45) is 0 Å². The summed E-state index contributed by atoms with van der Waals surface area (Å²) in [5, 5.41) is 3.99. The molecule has 1 fully saturated rings. The summed E-state index contributed by atoms with van der Waals surface area (Å²) in [6, 6.07) is 1.94. The normalized spacial score (nSPS) is 19.4. The van der Waals surface area contributed by atoms with E-state index in [9.17, 15) is 19.2 Å². The maximum atomic E-state index is 12.3. The summed E-state index contributed by atoms with van der Waals surface area (Å²) in [6.45, 7) is 2.81. The molecule has 0 bridgehead atoms. The fourth-order valence-electron chi connectivity index (χ4n) is 2.32. The molecular formula is C15H19N3O6S. The van der Waals surface area contributed by atoms with Crippen molar-refractivity contribution in [1.29, 1.82) is 0 Å². The van der Waals surface area contributed by atoms with Gasteiger partial charge in [-0.1, -0.05) is 0 Å². The molecule has 0 spiro atoms. The molecule has 1 aliphatic rings. The molecule has 0 unspecified atom stereocenters. The highest BCUT2D eigenvalue weighted by Gasteiger charge is 2.43. The average Bonchev–Trinajstić information content (AvgIpc) is 3.21. The van der Waals surface area contributed by atoms with E-state index in [-0.39, 0.29) is 5.91 Å². The van der Waals surface area contributed by atoms with Crippen LogP contribution in [0, 0.1) is 0 Å². The lowest BCUT2D eigenvalue weighted by Gasteiger charge is -2.25. The van der Waals surface area contributed by atoms with E-state index in [0.29, 0.717) is 18.1 Å². The van der Waals surface area contributed by atoms with Gasteiger partial charge in [-0.3, -0.25) is 14.9 Å². The van der Waals surface area contributed by atoms with Gasteiger partial charge in [0.05, 0.1) is 6.26 Å². The summed E-state index contributed by atoms with van der Waals surface area (Å²) in [5.74, 6) is -0.879. The van der Waals surface area contributed by atoms with E-state index in [1.54, 1.807) is 19.1 Å². The number of nitrogens with one attached hydrogen (secondary N) is 2. The molecule has 4 amide bonds. The van der Waals surface area contributed by atoms with Crippen LogP contribution in [-0.2, 0) is 19.1 Å². The number of urea groups is 1. The number of hydrogen-bond donors (Lipinski definition) is 2. The minimum Gasteiger partial charge on any atom is -0.466 e. The van der Waals surface area contributed by atoms with E-state index in [2.05, 4.69) is 5.32 Å². The quantitative estimate of drug-likeness (QED) is 0.731. The Morgan fingerprint density at radius 3 is 2.76 bits per heavy atom. The number of carbonyl (C=O) groups is 4. The van der Waals surface area contributed by atoms with Crippen LogP contribution in [0.1, 0.15) is 25.0 Å². The molecule has 0 saturated carbocycles. The van der Waals surface area contributed by atoms with Gasteiger partial charge in [0, 0.05) is 19.2 Å². The molecule has 2 heterocycles. The van der Waals surface area contributed by atoms with E-state index < -0.39 is 35.9 Å². The Hall–Kier alpha value is -2.49. The lowest BCUT2D eigenvalue weighted by atomic mass is 10.2. The molecule has 1 aromatic heterocycles. The fraction of sp³-hybridized carbons (Fsp3) is 0.467. The third-order valence-corrected chi connectivity index (χ3v) is 4.64. The Morgan fingerprint density at radius 1 is 1.40 bits per heavy atom. The van der Waals surface area contributed by atoms with Gasteiger partial charge < -0.3 is 19.4 Å². The third-order valence-electron chi connectivity index (χ3n) is 3.36. The largest absolute Gasteiger partial charge is 0.466 e. The van der Waals surface area contributed by atoms with E-state index in [4.69, 9.17) is 9.15 Å². The maximum absolute atomic E-state index is 12.3. The second-order valence-electron chi connectivity index (χ2n) is 5.16. The van der Waals surface area contributed by atoms with Crippen molar-refractivity contribution in [1.82, 2.24) is 15.5 Å². The second kappa shape index (κ2) is 8.56.